The maximum Gasteiger partial charge on any atom is 0.573 e. The molecule has 0 saturated carbocycles. The molecule has 1 amide bonds. The molecule has 160 valence electrons. The van der Waals surface area contributed by atoms with Gasteiger partial charge >= 0.3 is 6.36 Å². The van der Waals surface area contributed by atoms with Crippen LogP contribution in [-0.2, 0) is 4.79 Å². The van der Waals surface area contributed by atoms with E-state index < -0.39 is 12.1 Å². The van der Waals surface area contributed by atoms with Gasteiger partial charge in [-0.3, -0.25) is 4.79 Å². The molecule has 0 spiro atoms. The van der Waals surface area contributed by atoms with E-state index in [1.165, 1.54) is 18.2 Å². The topological polar surface area (TPSA) is 83.2 Å². The van der Waals surface area contributed by atoms with Gasteiger partial charge < -0.3 is 25.6 Å². The van der Waals surface area contributed by atoms with Gasteiger partial charge in [-0.15, -0.1) is 13.2 Å². The standard InChI is InChI=1S/C20H22F3N5O2/c21-20(22,23)30-17-9-5-4-8-16(17)26-19(24)25-14-18(29)28-12-10-27(11-13-28)15-6-2-1-3-7-15/h1-9H,10-14H2,(H3,24,25,26). The van der Waals surface area contributed by atoms with E-state index in [4.69, 9.17) is 5.73 Å². The number of para-hydroxylation sites is 3. The van der Waals surface area contributed by atoms with Gasteiger partial charge in [0, 0.05) is 31.9 Å². The Kier molecular flexibility index (Phi) is 6.65. The number of hydrogen-bond acceptors (Lipinski definition) is 4. The van der Waals surface area contributed by atoms with Crippen molar-refractivity contribution in [3.05, 3.63) is 54.6 Å². The maximum absolute atomic E-state index is 12.5. The molecular formula is C20H22F3N5O2. The van der Waals surface area contributed by atoms with E-state index in [2.05, 4.69) is 19.9 Å². The molecular weight excluding hydrogens is 399 g/mol. The summed E-state index contributed by atoms with van der Waals surface area (Å²) in [4.78, 5) is 20.2. The Morgan fingerprint density at radius 2 is 1.67 bits per heavy atom. The molecule has 2 aromatic carbocycles. The molecule has 0 bridgehead atoms. The van der Waals surface area contributed by atoms with Gasteiger partial charge in [0.2, 0.25) is 5.91 Å². The molecule has 1 aliphatic rings. The summed E-state index contributed by atoms with van der Waals surface area (Å²) < 4.78 is 41.4. The van der Waals surface area contributed by atoms with Gasteiger partial charge in [-0.1, -0.05) is 30.3 Å². The molecule has 1 fully saturated rings. The van der Waals surface area contributed by atoms with Crippen LogP contribution in [0.3, 0.4) is 0 Å². The van der Waals surface area contributed by atoms with Crippen molar-refractivity contribution in [1.82, 2.24) is 4.90 Å². The van der Waals surface area contributed by atoms with Crippen LogP contribution >= 0.6 is 0 Å². The highest BCUT2D eigenvalue weighted by atomic mass is 19.4. The minimum absolute atomic E-state index is 0.000000560. The van der Waals surface area contributed by atoms with Crippen molar-refractivity contribution in [1.29, 1.82) is 0 Å². The normalized spacial score (nSPS) is 15.1. The number of nitrogens with zero attached hydrogens (tertiary/aromatic N) is 3. The zero-order valence-electron chi connectivity index (χ0n) is 16.1. The Labute approximate surface area is 171 Å². The number of alkyl halides is 3. The van der Waals surface area contributed by atoms with Crippen molar-refractivity contribution in [2.24, 2.45) is 10.7 Å². The Morgan fingerprint density at radius 1 is 1.03 bits per heavy atom. The second-order valence-electron chi connectivity index (χ2n) is 6.57. The summed E-state index contributed by atoms with van der Waals surface area (Å²) in [5.74, 6) is -0.816. The summed E-state index contributed by atoms with van der Waals surface area (Å²) in [6.07, 6.45) is -4.83. The number of piperazine rings is 1. The summed E-state index contributed by atoms with van der Waals surface area (Å²) >= 11 is 0. The SMILES string of the molecule is NC(=NCC(=O)N1CCN(c2ccccc2)CC1)Nc1ccccc1OC(F)(F)F. The third kappa shape index (κ3) is 6.03. The number of halogens is 3. The van der Waals surface area contributed by atoms with Crippen molar-refractivity contribution in [3.8, 4) is 5.75 Å². The minimum atomic E-state index is -4.83. The molecule has 3 N–H and O–H groups in total. The highest BCUT2D eigenvalue weighted by molar-refractivity contribution is 5.95. The van der Waals surface area contributed by atoms with Gasteiger partial charge in [0.15, 0.2) is 11.7 Å². The van der Waals surface area contributed by atoms with Gasteiger partial charge in [-0.05, 0) is 24.3 Å². The maximum atomic E-state index is 12.5. The predicted molar refractivity (Wildman–Crippen MR) is 108 cm³/mol. The third-order valence-electron chi connectivity index (χ3n) is 4.51. The number of anilines is 2. The second-order valence-corrected chi connectivity index (χ2v) is 6.57. The Bertz CT molecular complexity index is 882. The zero-order valence-corrected chi connectivity index (χ0v) is 16.1. The number of hydrogen-bond donors (Lipinski definition) is 2. The molecule has 1 heterocycles. The smallest absolute Gasteiger partial charge is 0.404 e. The summed E-state index contributed by atoms with van der Waals surface area (Å²) in [5.41, 5.74) is 6.84. The van der Waals surface area contributed by atoms with Crippen LogP contribution < -0.4 is 20.7 Å². The number of amides is 1. The van der Waals surface area contributed by atoms with Crippen molar-refractivity contribution in [3.63, 3.8) is 0 Å². The number of carbonyl (C=O) groups is 1. The fourth-order valence-corrected chi connectivity index (χ4v) is 3.07. The number of ether oxygens (including phenoxy) is 1. The predicted octanol–water partition coefficient (Wildman–Crippen LogP) is 2.66. The van der Waals surface area contributed by atoms with Gasteiger partial charge in [0.1, 0.15) is 6.54 Å². The third-order valence-corrected chi connectivity index (χ3v) is 4.51. The average molecular weight is 421 g/mol. The van der Waals surface area contributed by atoms with Crippen LogP contribution in [0.2, 0.25) is 0 Å². The van der Waals surface area contributed by atoms with Crippen molar-refractivity contribution >= 4 is 23.2 Å². The molecule has 10 heteroatoms. The highest BCUT2D eigenvalue weighted by Gasteiger charge is 2.32. The van der Waals surface area contributed by atoms with Crippen LogP contribution in [0.1, 0.15) is 0 Å². The molecule has 0 aliphatic carbocycles. The van der Waals surface area contributed by atoms with Crippen molar-refractivity contribution < 1.29 is 22.7 Å². The molecule has 0 atom stereocenters. The fourth-order valence-electron chi connectivity index (χ4n) is 3.07. The van der Waals surface area contributed by atoms with Gasteiger partial charge in [0.05, 0.1) is 5.69 Å². The van der Waals surface area contributed by atoms with E-state index >= 15 is 0 Å². The van der Waals surface area contributed by atoms with E-state index in [-0.39, 0.29) is 24.1 Å². The van der Waals surface area contributed by atoms with Crippen LogP contribution in [-0.4, -0.2) is 55.9 Å². The highest BCUT2D eigenvalue weighted by Crippen LogP contribution is 2.29. The lowest BCUT2D eigenvalue weighted by atomic mass is 10.2. The van der Waals surface area contributed by atoms with Crippen molar-refractivity contribution in [2.45, 2.75) is 6.36 Å². The molecule has 3 rings (SSSR count). The number of rotatable bonds is 5. The Hall–Kier alpha value is -3.43. The lowest BCUT2D eigenvalue weighted by Crippen LogP contribution is -2.49. The Balaban J connectivity index is 1.52. The first-order valence-electron chi connectivity index (χ1n) is 9.31. The van der Waals surface area contributed by atoms with Gasteiger partial charge in [0.25, 0.3) is 0 Å². The molecule has 1 aliphatic heterocycles. The molecule has 0 unspecified atom stereocenters. The molecule has 1 saturated heterocycles. The summed E-state index contributed by atoms with van der Waals surface area (Å²) in [5, 5.41) is 2.54. The summed E-state index contributed by atoms with van der Waals surface area (Å²) in [6, 6.07) is 15.4. The molecule has 0 aromatic heterocycles. The number of carbonyl (C=O) groups excluding carboxylic acids is 1. The largest absolute Gasteiger partial charge is 0.573 e. The van der Waals surface area contributed by atoms with E-state index in [1.807, 2.05) is 30.3 Å². The number of nitrogens with two attached hydrogens (primary N) is 1. The fraction of sp³-hybridized carbons (Fsp3) is 0.300. The quantitative estimate of drug-likeness (QED) is 0.573. The molecule has 30 heavy (non-hydrogen) atoms. The van der Waals surface area contributed by atoms with Gasteiger partial charge in [-0.2, -0.15) is 0 Å². The first-order chi connectivity index (χ1) is 14.3. The van der Waals surface area contributed by atoms with Crippen LogP contribution in [0.25, 0.3) is 0 Å². The number of nitrogens with one attached hydrogen (secondary N) is 1. The van der Waals surface area contributed by atoms with Crippen LogP contribution in [0, 0.1) is 0 Å². The molecule has 2 aromatic rings. The van der Waals surface area contributed by atoms with E-state index in [1.54, 1.807) is 4.90 Å². The summed E-state index contributed by atoms with van der Waals surface area (Å²) in [7, 11) is 0. The molecule has 0 radical (unpaired) electrons. The second kappa shape index (κ2) is 9.38. The number of aliphatic imine (C=N–C) groups is 1. The first kappa shape index (κ1) is 21.3. The zero-order chi connectivity index (χ0) is 21.6. The number of benzene rings is 2. The van der Waals surface area contributed by atoms with E-state index in [0.717, 1.165) is 11.8 Å². The minimum Gasteiger partial charge on any atom is -0.404 e. The lowest BCUT2D eigenvalue weighted by molar-refractivity contribution is -0.274. The first-order valence-corrected chi connectivity index (χ1v) is 9.31. The Morgan fingerprint density at radius 3 is 2.33 bits per heavy atom. The summed E-state index contributed by atoms with van der Waals surface area (Å²) in [6.45, 7) is 2.31. The number of guanidine groups is 1. The van der Waals surface area contributed by atoms with Crippen LogP contribution in [0.4, 0.5) is 24.5 Å². The average Bonchev–Trinajstić information content (AvgIpc) is 2.73. The van der Waals surface area contributed by atoms with Crippen molar-refractivity contribution in [2.75, 3.05) is 42.9 Å². The molecule has 7 nitrogen and oxygen atoms in total. The van der Waals surface area contributed by atoms with E-state index in [0.29, 0.717) is 26.2 Å². The monoisotopic (exact) mass is 421 g/mol. The van der Waals surface area contributed by atoms with E-state index in [9.17, 15) is 18.0 Å². The van der Waals surface area contributed by atoms with Crippen LogP contribution in [0.5, 0.6) is 5.75 Å². The van der Waals surface area contributed by atoms with Gasteiger partial charge in [-0.25, -0.2) is 4.99 Å². The lowest BCUT2D eigenvalue weighted by Gasteiger charge is -2.36. The van der Waals surface area contributed by atoms with Crippen LogP contribution in [0.15, 0.2) is 59.6 Å².